The van der Waals surface area contributed by atoms with Crippen LogP contribution in [0.4, 0.5) is 19.3 Å². The number of carbonyl (C=O) groups is 2. The van der Waals surface area contributed by atoms with Crippen molar-refractivity contribution in [3.63, 3.8) is 0 Å². The molecule has 3 aromatic rings. The lowest BCUT2D eigenvalue weighted by Gasteiger charge is -2.23. The van der Waals surface area contributed by atoms with E-state index in [1.807, 2.05) is 0 Å². The van der Waals surface area contributed by atoms with Crippen molar-refractivity contribution in [3.05, 3.63) is 83.9 Å². The van der Waals surface area contributed by atoms with Gasteiger partial charge in [-0.3, -0.25) is 4.72 Å². The van der Waals surface area contributed by atoms with Gasteiger partial charge in [-0.15, -0.1) is 0 Å². The Morgan fingerprint density at radius 2 is 1.62 bits per heavy atom. The van der Waals surface area contributed by atoms with Crippen LogP contribution in [-0.2, 0) is 24.3 Å². The zero-order valence-electron chi connectivity index (χ0n) is 20.5. The van der Waals surface area contributed by atoms with Crippen LogP contribution in [0.2, 0.25) is 0 Å². The molecule has 0 unspecified atom stereocenters. The molecule has 3 rings (SSSR count). The number of alkyl carbamates (subject to hydrolysis) is 1. The van der Waals surface area contributed by atoms with Gasteiger partial charge in [0.05, 0.1) is 12.0 Å². The third-order valence-electron chi connectivity index (χ3n) is 4.98. The number of amides is 1. The monoisotopic (exact) mass is 532 g/mol. The molecule has 8 nitrogen and oxygen atoms in total. The minimum atomic E-state index is -4.08. The quantitative estimate of drug-likeness (QED) is 0.406. The number of rotatable bonds is 7. The van der Waals surface area contributed by atoms with Crippen LogP contribution >= 0.6 is 0 Å². The number of anilines is 1. The number of ether oxygens (including phenoxy) is 2. The van der Waals surface area contributed by atoms with E-state index in [4.69, 9.17) is 9.47 Å². The molecular formula is C26H26F2N2O6S. The molecule has 0 aliphatic heterocycles. The highest BCUT2D eigenvalue weighted by molar-refractivity contribution is 7.92. The van der Waals surface area contributed by atoms with Gasteiger partial charge in [-0.25, -0.2) is 26.8 Å². The molecule has 1 amide bonds. The van der Waals surface area contributed by atoms with Crippen molar-refractivity contribution in [2.24, 2.45) is 0 Å². The Morgan fingerprint density at radius 1 is 0.946 bits per heavy atom. The molecule has 3 aromatic carbocycles. The van der Waals surface area contributed by atoms with Crippen LogP contribution in [0.3, 0.4) is 0 Å². The van der Waals surface area contributed by atoms with Gasteiger partial charge in [0.2, 0.25) is 0 Å². The Labute approximate surface area is 213 Å². The van der Waals surface area contributed by atoms with Crippen LogP contribution in [0.5, 0.6) is 0 Å². The number of halogens is 2. The van der Waals surface area contributed by atoms with E-state index in [9.17, 15) is 26.8 Å². The van der Waals surface area contributed by atoms with Gasteiger partial charge in [0, 0.05) is 17.3 Å². The van der Waals surface area contributed by atoms with Gasteiger partial charge in [-0.2, -0.15) is 0 Å². The van der Waals surface area contributed by atoms with Gasteiger partial charge in [-0.1, -0.05) is 24.3 Å². The van der Waals surface area contributed by atoms with E-state index >= 15 is 0 Å². The summed E-state index contributed by atoms with van der Waals surface area (Å²) < 4.78 is 65.5. The normalized spacial score (nSPS) is 12.4. The molecule has 37 heavy (non-hydrogen) atoms. The minimum absolute atomic E-state index is 0.111. The predicted molar refractivity (Wildman–Crippen MR) is 133 cm³/mol. The standard InChI is InChI=1S/C26H26F2N2O6S/c1-26(2,3)36-25(32)29-23(24(31)35-4)17-6-5-7-19(14-17)30-37(33,34)20-11-8-16(9-12-20)21-13-10-18(27)15-22(21)28/h5-15,23,30H,1-4H3,(H,29,32)/t23-/m1/s1. The zero-order valence-corrected chi connectivity index (χ0v) is 21.4. The summed E-state index contributed by atoms with van der Waals surface area (Å²) in [4.78, 5) is 24.5. The molecule has 0 saturated heterocycles. The summed E-state index contributed by atoms with van der Waals surface area (Å²) in [5.74, 6) is -2.28. The lowest BCUT2D eigenvalue weighted by atomic mass is 10.1. The minimum Gasteiger partial charge on any atom is -0.467 e. The van der Waals surface area contributed by atoms with Gasteiger partial charge in [-0.05, 0) is 68.3 Å². The first kappa shape index (κ1) is 27.6. The lowest BCUT2D eigenvalue weighted by Crippen LogP contribution is -2.38. The van der Waals surface area contributed by atoms with Crippen molar-refractivity contribution in [1.82, 2.24) is 5.32 Å². The fraction of sp³-hybridized carbons (Fsp3) is 0.231. The maximum absolute atomic E-state index is 14.1. The molecule has 0 aromatic heterocycles. The fourth-order valence-corrected chi connectivity index (χ4v) is 4.40. The van der Waals surface area contributed by atoms with E-state index < -0.39 is 45.4 Å². The largest absolute Gasteiger partial charge is 0.467 e. The van der Waals surface area contributed by atoms with Gasteiger partial charge >= 0.3 is 12.1 Å². The molecule has 11 heteroatoms. The van der Waals surface area contributed by atoms with Gasteiger partial charge in [0.1, 0.15) is 17.2 Å². The van der Waals surface area contributed by atoms with Crippen LogP contribution in [0, 0.1) is 11.6 Å². The second-order valence-corrected chi connectivity index (χ2v) is 10.7. The Kier molecular flexibility index (Phi) is 8.17. The molecule has 0 fully saturated rings. The smallest absolute Gasteiger partial charge is 0.408 e. The number of carbonyl (C=O) groups excluding carboxylic acids is 2. The number of benzene rings is 3. The highest BCUT2D eigenvalue weighted by Crippen LogP contribution is 2.26. The number of sulfonamides is 1. The summed E-state index contributed by atoms with van der Waals surface area (Å²) in [6, 6.07) is 13.1. The molecule has 0 saturated carbocycles. The highest BCUT2D eigenvalue weighted by atomic mass is 32.2. The number of hydrogen-bond donors (Lipinski definition) is 2. The summed E-state index contributed by atoms with van der Waals surface area (Å²) in [6.45, 7) is 4.99. The number of methoxy groups -OCH3 is 1. The molecule has 0 heterocycles. The van der Waals surface area contributed by atoms with Crippen molar-refractivity contribution in [2.75, 3.05) is 11.8 Å². The number of hydrogen-bond acceptors (Lipinski definition) is 6. The number of esters is 1. The molecule has 196 valence electrons. The first-order valence-electron chi connectivity index (χ1n) is 11.0. The van der Waals surface area contributed by atoms with E-state index in [1.165, 1.54) is 54.6 Å². The van der Waals surface area contributed by atoms with Gasteiger partial charge < -0.3 is 14.8 Å². The topological polar surface area (TPSA) is 111 Å². The van der Waals surface area contributed by atoms with Crippen molar-refractivity contribution in [3.8, 4) is 11.1 Å². The Bertz CT molecular complexity index is 1400. The van der Waals surface area contributed by atoms with Crippen LogP contribution < -0.4 is 10.0 Å². The zero-order chi connectivity index (χ0) is 27.4. The molecule has 0 aliphatic rings. The first-order valence-corrected chi connectivity index (χ1v) is 12.5. The van der Waals surface area contributed by atoms with E-state index in [1.54, 1.807) is 20.8 Å². The van der Waals surface area contributed by atoms with Crippen LogP contribution in [0.1, 0.15) is 32.4 Å². The van der Waals surface area contributed by atoms with Crippen molar-refractivity contribution < 1.29 is 36.3 Å². The molecule has 0 spiro atoms. The van der Waals surface area contributed by atoms with E-state index in [2.05, 4.69) is 10.0 Å². The fourth-order valence-electron chi connectivity index (χ4n) is 3.35. The highest BCUT2D eigenvalue weighted by Gasteiger charge is 2.27. The Hall–Kier alpha value is -3.99. The van der Waals surface area contributed by atoms with E-state index in [0.29, 0.717) is 5.56 Å². The third kappa shape index (κ3) is 7.26. The average Bonchev–Trinajstić information content (AvgIpc) is 2.81. The summed E-state index contributed by atoms with van der Waals surface area (Å²) >= 11 is 0. The summed E-state index contributed by atoms with van der Waals surface area (Å²) in [5.41, 5.74) is 0.0521. The molecule has 0 bridgehead atoms. The van der Waals surface area contributed by atoms with Crippen molar-refractivity contribution >= 4 is 27.8 Å². The average molecular weight is 533 g/mol. The molecular weight excluding hydrogens is 506 g/mol. The van der Waals surface area contributed by atoms with Crippen molar-refractivity contribution in [1.29, 1.82) is 0 Å². The molecule has 1 atom stereocenters. The molecule has 0 radical (unpaired) electrons. The molecule has 2 N–H and O–H groups in total. The maximum Gasteiger partial charge on any atom is 0.408 e. The molecule has 0 aliphatic carbocycles. The van der Waals surface area contributed by atoms with Crippen molar-refractivity contribution in [2.45, 2.75) is 37.3 Å². The third-order valence-corrected chi connectivity index (χ3v) is 6.37. The predicted octanol–water partition coefficient (Wildman–Crippen LogP) is 5.17. The summed E-state index contributed by atoms with van der Waals surface area (Å²) in [6.07, 6.45) is -0.855. The summed E-state index contributed by atoms with van der Waals surface area (Å²) in [5, 5.41) is 2.43. The van der Waals surface area contributed by atoms with Crippen LogP contribution in [0.15, 0.2) is 71.6 Å². The maximum atomic E-state index is 14.1. The lowest BCUT2D eigenvalue weighted by molar-refractivity contribution is -0.143. The first-order chi connectivity index (χ1) is 17.3. The second kappa shape index (κ2) is 11.0. The Morgan fingerprint density at radius 3 is 2.22 bits per heavy atom. The Balaban J connectivity index is 1.83. The van der Waals surface area contributed by atoms with E-state index in [-0.39, 0.29) is 21.7 Å². The number of nitrogens with one attached hydrogen (secondary N) is 2. The SMILES string of the molecule is COC(=O)[C@H](NC(=O)OC(C)(C)C)c1cccc(NS(=O)(=O)c2ccc(-c3ccc(F)cc3F)cc2)c1. The van der Waals surface area contributed by atoms with Crippen LogP contribution in [-0.4, -0.2) is 33.2 Å². The second-order valence-electron chi connectivity index (χ2n) is 8.98. The van der Waals surface area contributed by atoms with E-state index in [0.717, 1.165) is 19.2 Å². The summed E-state index contributed by atoms with van der Waals surface area (Å²) in [7, 11) is -2.92. The van der Waals surface area contributed by atoms with Gasteiger partial charge in [0.15, 0.2) is 6.04 Å². The van der Waals surface area contributed by atoms with Crippen LogP contribution in [0.25, 0.3) is 11.1 Å². The van der Waals surface area contributed by atoms with Gasteiger partial charge in [0.25, 0.3) is 10.0 Å².